The van der Waals surface area contributed by atoms with Crippen LogP contribution in [0.2, 0.25) is 0 Å². The zero-order valence-electron chi connectivity index (χ0n) is 9.66. The van der Waals surface area contributed by atoms with Crippen LogP contribution in [0.15, 0.2) is 48.5 Å². The minimum absolute atomic E-state index is 0.442. The SMILES string of the molecule is OC(c1ccc(C(F)(F)F)cc1)c1ccccc1I. The Kier molecular flexibility index (Phi) is 4.15. The Morgan fingerprint density at radius 3 is 2.05 bits per heavy atom. The lowest BCUT2D eigenvalue weighted by molar-refractivity contribution is -0.137. The highest BCUT2D eigenvalue weighted by molar-refractivity contribution is 14.1. The molecule has 0 saturated carbocycles. The second kappa shape index (κ2) is 5.50. The highest BCUT2D eigenvalue weighted by atomic mass is 127. The highest BCUT2D eigenvalue weighted by Gasteiger charge is 2.30. The van der Waals surface area contributed by atoms with Crippen molar-refractivity contribution in [3.63, 3.8) is 0 Å². The second-order valence-corrected chi connectivity index (χ2v) is 5.21. The Morgan fingerprint density at radius 1 is 0.947 bits per heavy atom. The number of halogens is 4. The third-order valence-corrected chi connectivity index (χ3v) is 3.74. The summed E-state index contributed by atoms with van der Waals surface area (Å²) in [5.74, 6) is 0. The molecule has 1 atom stereocenters. The first-order valence-corrected chi connectivity index (χ1v) is 6.57. The summed E-state index contributed by atoms with van der Waals surface area (Å²) in [5, 5.41) is 10.2. The standard InChI is InChI=1S/C14H10F3IO/c15-14(16,17)10-7-5-9(6-8-10)13(19)11-3-1-2-4-12(11)18/h1-8,13,19H. The molecule has 2 aromatic rings. The molecule has 1 unspecified atom stereocenters. The molecule has 1 nitrogen and oxygen atoms in total. The van der Waals surface area contributed by atoms with Crippen LogP contribution in [0.5, 0.6) is 0 Å². The summed E-state index contributed by atoms with van der Waals surface area (Å²) in [5.41, 5.74) is 0.409. The van der Waals surface area contributed by atoms with Crippen molar-refractivity contribution in [1.29, 1.82) is 0 Å². The summed E-state index contributed by atoms with van der Waals surface area (Å²) in [6.45, 7) is 0. The minimum atomic E-state index is -4.36. The average molecular weight is 378 g/mol. The number of rotatable bonds is 2. The summed E-state index contributed by atoms with van der Waals surface area (Å²) >= 11 is 2.08. The van der Waals surface area contributed by atoms with E-state index >= 15 is 0 Å². The number of hydrogen-bond acceptors (Lipinski definition) is 1. The first-order chi connectivity index (χ1) is 8.89. The van der Waals surface area contributed by atoms with Crippen molar-refractivity contribution < 1.29 is 18.3 Å². The number of hydrogen-bond donors (Lipinski definition) is 1. The van der Waals surface area contributed by atoms with E-state index in [0.717, 1.165) is 15.7 Å². The van der Waals surface area contributed by atoms with Gasteiger partial charge in [0, 0.05) is 3.57 Å². The van der Waals surface area contributed by atoms with E-state index in [-0.39, 0.29) is 0 Å². The van der Waals surface area contributed by atoms with E-state index in [1.165, 1.54) is 12.1 Å². The summed E-state index contributed by atoms with van der Waals surface area (Å²) in [4.78, 5) is 0. The van der Waals surface area contributed by atoms with E-state index in [4.69, 9.17) is 0 Å². The van der Waals surface area contributed by atoms with E-state index in [0.29, 0.717) is 11.1 Å². The number of alkyl halides is 3. The van der Waals surface area contributed by atoms with Gasteiger partial charge in [-0.05, 0) is 51.9 Å². The van der Waals surface area contributed by atoms with Crippen molar-refractivity contribution >= 4 is 22.6 Å². The quantitative estimate of drug-likeness (QED) is 0.769. The Hall–Kier alpha value is -1.08. The van der Waals surface area contributed by atoms with Crippen molar-refractivity contribution in [2.75, 3.05) is 0 Å². The van der Waals surface area contributed by atoms with Crippen LogP contribution >= 0.6 is 22.6 Å². The van der Waals surface area contributed by atoms with Gasteiger partial charge in [-0.25, -0.2) is 0 Å². The normalized spacial score (nSPS) is 13.3. The van der Waals surface area contributed by atoms with Gasteiger partial charge in [-0.2, -0.15) is 13.2 Å². The van der Waals surface area contributed by atoms with Crippen molar-refractivity contribution in [1.82, 2.24) is 0 Å². The van der Waals surface area contributed by atoms with Gasteiger partial charge in [-0.1, -0.05) is 30.3 Å². The maximum Gasteiger partial charge on any atom is 0.416 e. The lowest BCUT2D eigenvalue weighted by Crippen LogP contribution is -2.06. The molecular weight excluding hydrogens is 368 g/mol. The second-order valence-electron chi connectivity index (χ2n) is 4.04. The van der Waals surface area contributed by atoms with Crippen molar-refractivity contribution in [3.8, 4) is 0 Å². The number of aliphatic hydroxyl groups excluding tert-OH is 1. The van der Waals surface area contributed by atoms with Crippen molar-refractivity contribution in [2.24, 2.45) is 0 Å². The van der Waals surface area contributed by atoms with Crippen LogP contribution in [-0.2, 0) is 6.18 Å². The molecule has 2 aromatic carbocycles. The Bertz CT molecular complexity index is 564. The smallest absolute Gasteiger partial charge is 0.384 e. The zero-order valence-corrected chi connectivity index (χ0v) is 11.8. The number of aliphatic hydroxyl groups is 1. The molecule has 0 bridgehead atoms. The van der Waals surface area contributed by atoms with Gasteiger partial charge in [0.1, 0.15) is 6.10 Å². The van der Waals surface area contributed by atoms with E-state index in [9.17, 15) is 18.3 Å². The van der Waals surface area contributed by atoms with Crippen LogP contribution in [0.3, 0.4) is 0 Å². The van der Waals surface area contributed by atoms with Crippen LogP contribution in [0, 0.1) is 3.57 Å². The van der Waals surface area contributed by atoms with Crippen molar-refractivity contribution in [3.05, 3.63) is 68.8 Å². The molecule has 0 heterocycles. The molecule has 0 fully saturated rings. The Morgan fingerprint density at radius 2 is 1.53 bits per heavy atom. The average Bonchev–Trinajstić information content (AvgIpc) is 2.38. The maximum absolute atomic E-state index is 12.4. The monoisotopic (exact) mass is 378 g/mol. The van der Waals surface area contributed by atoms with Gasteiger partial charge >= 0.3 is 6.18 Å². The van der Waals surface area contributed by atoms with Crippen molar-refractivity contribution in [2.45, 2.75) is 12.3 Å². The van der Waals surface area contributed by atoms with Gasteiger partial charge in [0.15, 0.2) is 0 Å². The topological polar surface area (TPSA) is 20.2 Å². The molecule has 0 amide bonds. The fraction of sp³-hybridized carbons (Fsp3) is 0.143. The highest BCUT2D eigenvalue weighted by Crippen LogP contribution is 2.31. The van der Waals surface area contributed by atoms with Gasteiger partial charge in [-0.15, -0.1) is 0 Å². The predicted octanol–water partition coefficient (Wildman–Crippen LogP) is 4.39. The summed E-state index contributed by atoms with van der Waals surface area (Å²) < 4.78 is 38.2. The lowest BCUT2D eigenvalue weighted by atomic mass is 10.0. The molecule has 2 rings (SSSR count). The molecule has 0 saturated heterocycles. The molecule has 0 aliphatic carbocycles. The van der Waals surface area contributed by atoms with Gasteiger partial charge in [0.05, 0.1) is 5.56 Å². The molecule has 1 N–H and O–H groups in total. The first kappa shape index (κ1) is 14.3. The fourth-order valence-electron chi connectivity index (χ4n) is 1.73. The van der Waals surface area contributed by atoms with E-state index < -0.39 is 17.8 Å². The third kappa shape index (κ3) is 3.27. The molecule has 0 aliphatic heterocycles. The molecule has 0 aromatic heterocycles. The Balaban J connectivity index is 2.31. The largest absolute Gasteiger partial charge is 0.416 e. The van der Waals surface area contributed by atoms with Gasteiger partial charge < -0.3 is 5.11 Å². The molecular formula is C14H10F3IO. The maximum atomic E-state index is 12.4. The number of benzene rings is 2. The van der Waals surface area contributed by atoms with Gasteiger partial charge in [-0.3, -0.25) is 0 Å². The predicted molar refractivity (Wildman–Crippen MR) is 74.7 cm³/mol. The van der Waals surface area contributed by atoms with E-state index in [1.807, 2.05) is 12.1 Å². The molecule has 0 aliphatic rings. The lowest BCUT2D eigenvalue weighted by Gasteiger charge is -2.14. The third-order valence-electron chi connectivity index (χ3n) is 2.75. The molecule has 100 valence electrons. The van der Waals surface area contributed by atoms with Gasteiger partial charge in [0.25, 0.3) is 0 Å². The van der Waals surface area contributed by atoms with E-state index in [2.05, 4.69) is 22.6 Å². The van der Waals surface area contributed by atoms with Crippen LogP contribution in [-0.4, -0.2) is 5.11 Å². The summed E-state index contributed by atoms with van der Waals surface area (Å²) in [7, 11) is 0. The molecule has 19 heavy (non-hydrogen) atoms. The van der Waals surface area contributed by atoms with Crippen LogP contribution in [0.1, 0.15) is 22.8 Å². The van der Waals surface area contributed by atoms with Gasteiger partial charge in [0.2, 0.25) is 0 Å². The summed E-state index contributed by atoms with van der Waals surface area (Å²) in [6, 6.07) is 11.8. The summed E-state index contributed by atoms with van der Waals surface area (Å²) in [6.07, 6.45) is -5.28. The molecule has 0 spiro atoms. The van der Waals surface area contributed by atoms with Crippen LogP contribution in [0.25, 0.3) is 0 Å². The fourth-order valence-corrected chi connectivity index (χ4v) is 2.41. The molecule has 5 heteroatoms. The minimum Gasteiger partial charge on any atom is -0.384 e. The zero-order chi connectivity index (χ0) is 14.0. The molecule has 0 radical (unpaired) electrons. The first-order valence-electron chi connectivity index (χ1n) is 5.49. The van der Waals surface area contributed by atoms with E-state index in [1.54, 1.807) is 12.1 Å². The van der Waals surface area contributed by atoms with Crippen LogP contribution in [0.4, 0.5) is 13.2 Å². The van der Waals surface area contributed by atoms with Crippen LogP contribution < -0.4 is 0 Å². The Labute approximate surface area is 122 Å².